The summed E-state index contributed by atoms with van der Waals surface area (Å²) in [6.07, 6.45) is 0. The van der Waals surface area contributed by atoms with Crippen LogP contribution in [0.25, 0.3) is 0 Å². The van der Waals surface area contributed by atoms with Crippen LogP contribution in [0.3, 0.4) is 0 Å². The summed E-state index contributed by atoms with van der Waals surface area (Å²) in [5, 5.41) is 2.93. The summed E-state index contributed by atoms with van der Waals surface area (Å²) in [7, 11) is 1.59. The maximum atomic E-state index is 12.3. The van der Waals surface area contributed by atoms with Crippen molar-refractivity contribution in [2.24, 2.45) is 0 Å². The number of morpholine rings is 1. The first kappa shape index (κ1) is 17.1. The number of nitrogens with zero attached hydrogens (tertiary/aromatic N) is 1. The van der Waals surface area contributed by atoms with Crippen LogP contribution in [0.5, 0.6) is 11.5 Å². The van der Waals surface area contributed by atoms with E-state index in [9.17, 15) is 4.79 Å². The van der Waals surface area contributed by atoms with Gasteiger partial charge < -0.3 is 24.4 Å². The summed E-state index contributed by atoms with van der Waals surface area (Å²) in [6.45, 7) is 2.95. The maximum absolute atomic E-state index is 12.3. The Balaban J connectivity index is 1.61. The summed E-state index contributed by atoms with van der Waals surface area (Å²) in [5.74, 6) is 1.08. The molecule has 132 valence electrons. The Kier molecular flexibility index (Phi) is 5.74. The molecular weight excluding hydrogens is 320 g/mol. The van der Waals surface area contributed by atoms with Crippen molar-refractivity contribution in [3.05, 3.63) is 48.5 Å². The number of methoxy groups -OCH3 is 1. The number of ether oxygens (including phenoxy) is 3. The highest BCUT2D eigenvalue weighted by Gasteiger charge is 2.15. The highest BCUT2D eigenvalue weighted by Crippen LogP contribution is 2.26. The number of nitrogens with one attached hydrogen (secondary N) is 1. The van der Waals surface area contributed by atoms with Crippen LogP contribution >= 0.6 is 0 Å². The molecule has 1 aliphatic heterocycles. The molecule has 2 aromatic carbocycles. The van der Waals surface area contributed by atoms with Crippen LogP contribution in [-0.4, -0.2) is 45.9 Å². The molecule has 0 unspecified atom stereocenters. The molecular formula is C19H22N2O4. The minimum atomic E-state index is -0.205. The zero-order chi connectivity index (χ0) is 17.5. The topological polar surface area (TPSA) is 60.0 Å². The lowest BCUT2D eigenvalue weighted by molar-refractivity contribution is -0.118. The Labute approximate surface area is 147 Å². The summed E-state index contributed by atoms with van der Waals surface area (Å²) in [5.41, 5.74) is 1.78. The molecule has 0 bridgehead atoms. The van der Waals surface area contributed by atoms with Gasteiger partial charge in [0, 0.05) is 19.2 Å². The van der Waals surface area contributed by atoms with Crippen molar-refractivity contribution in [2.45, 2.75) is 0 Å². The molecule has 2 aromatic rings. The molecule has 1 aliphatic rings. The standard InChI is InChI=1S/C19H22N2O4/c1-23-15-5-4-6-16(13-15)25-14-19(22)20-17-7-2-3-8-18(17)21-9-11-24-12-10-21/h2-8,13H,9-12,14H2,1H3,(H,20,22). The van der Waals surface area contributed by atoms with Gasteiger partial charge in [-0.3, -0.25) is 4.79 Å². The summed E-state index contributed by atoms with van der Waals surface area (Å²) >= 11 is 0. The van der Waals surface area contributed by atoms with Crippen molar-refractivity contribution in [1.82, 2.24) is 0 Å². The van der Waals surface area contributed by atoms with Crippen LogP contribution in [0, 0.1) is 0 Å². The quantitative estimate of drug-likeness (QED) is 0.874. The molecule has 1 fully saturated rings. The van der Waals surface area contributed by atoms with Gasteiger partial charge in [0.2, 0.25) is 0 Å². The van der Waals surface area contributed by atoms with Crippen LogP contribution < -0.4 is 19.7 Å². The highest BCUT2D eigenvalue weighted by molar-refractivity contribution is 5.95. The van der Waals surface area contributed by atoms with Crippen molar-refractivity contribution in [3.8, 4) is 11.5 Å². The highest BCUT2D eigenvalue weighted by atomic mass is 16.5. The Bertz CT molecular complexity index is 714. The lowest BCUT2D eigenvalue weighted by atomic mass is 10.2. The van der Waals surface area contributed by atoms with E-state index in [0.29, 0.717) is 24.7 Å². The fourth-order valence-electron chi connectivity index (χ4n) is 2.69. The van der Waals surface area contributed by atoms with Gasteiger partial charge in [-0.15, -0.1) is 0 Å². The number of carbonyl (C=O) groups excluding carboxylic acids is 1. The fourth-order valence-corrected chi connectivity index (χ4v) is 2.69. The van der Waals surface area contributed by atoms with E-state index in [2.05, 4.69) is 10.2 Å². The number of benzene rings is 2. The lowest BCUT2D eigenvalue weighted by Gasteiger charge is -2.30. The van der Waals surface area contributed by atoms with Gasteiger partial charge in [0.15, 0.2) is 6.61 Å². The second-order valence-electron chi connectivity index (χ2n) is 5.63. The SMILES string of the molecule is COc1cccc(OCC(=O)Nc2ccccc2N2CCOCC2)c1. The summed E-state index contributed by atoms with van der Waals surface area (Å²) in [6, 6.07) is 14.9. The van der Waals surface area contributed by atoms with Gasteiger partial charge in [-0.1, -0.05) is 18.2 Å². The number of carbonyl (C=O) groups is 1. The van der Waals surface area contributed by atoms with Crippen LogP contribution in [0.15, 0.2) is 48.5 Å². The van der Waals surface area contributed by atoms with Crippen LogP contribution in [0.1, 0.15) is 0 Å². The van der Waals surface area contributed by atoms with Crippen LogP contribution in [-0.2, 0) is 9.53 Å². The second kappa shape index (κ2) is 8.39. The van der Waals surface area contributed by atoms with Gasteiger partial charge in [0.1, 0.15) is 11.5 Å². The zero-order valence-corrected chi connectivity index (χ0v) is 14.2. The molecule has 3 rings (SSSR count). The number of hydrogen-bond donors (Lipinski definition) is 1. The van der Waals surface area contributed by atoms with E-state index in [1.54, 1.807) is 19.2 Å². The van der Waals surface area contributed by atoms with Gasteiger partial charge >= 0.3 is 0 Å². The minimum Gasteiger partial charge on any atom is -0.497 e. The Hall–Kier alpha value is -2.73. The number of hydrogen-bond acceptors (Lipinski definition) is 5. The number of para-hydroxylation sites is 2. The lowest BCUT2D eigenvalue weighted by Crippen LogP contribution is -2.36. The Morgan fingerprint density at radius 1 is 1.12 bits per heavy atom. The molecule has 0 aromatic heterocycles. The van der Waals surface area contributed by atoms with Crippen LogP contribution in [0.2, 0.25) is 0 Å². The van der Waals surface area contributed by atoms with E-state index in [-0.39, 0.29) is 12.5 Å². The molecule has 0 spiro atoms. The maximum Gasteiger partial charge on any atom is 0.262 e. The first-order valence-corrected chi connectivity index (χ1v) is 8.24. The van der Waals surface area contributed by atoms with Crippen molar-refractivity contribution < 1.29 is 19.0 Å². The van der Waals surface area contributed by atoms with Crippen molar-refractivity contribution in [2.75, 3.05) is 50.2 Å². The average Bonchev–Trinajstić information content (AvgIpc) is 2.68. The van der Waals surface area contributed by atoms with Gasteiger partial charge in [0.05, 0.1) is 31.7 Å². The van der Waals surface area contributed by atoms with Crippen LogP contribution in [0.4, 0.5) is 11.4 Å². The van der Waals surface area contributed by atoms with Crippen molar-refractivity contribution >= 4 is 17.3 Å². The first-order valence-electron chi connectivity index (χ1n) is 8.24. The van der Waals surface area contributed by atoms with E-state index in [0.717, 1.165) is 24.5 Å². The molecule has 1 amide bonds. The third-order valence-electron chi connectivity index (χ3n) is 3.94. The van der Waals surface area contributed by atoms with Gasteiger partial charge in [-0.2, -0.15) is 0 Å². The fraction of sp³-hybridized carbons (Fsp3) is 0.316. The smallest absolute Gasteiger partial charge is 0.262 e. The monoisotopic (exact) mass is 342 g/mol. The molecule has 25 heavy (non-hydrogen) atoms. The average molecular weight is 342 g/mol. The molecule has 6 heteroatoms. The van der Waals surface area contributed by atoms with E-state index < -0.39 is 0 Å². The molecule has 1 saturated heterocycles. The predicted octanol–water partition coefficient (Wildman–Crippen LogP) is 2.55. The first-order chi connectivity index (χ1) is 12.3. The predicted molar refractivity (Wildman–Crippen MR) is 96.6 cm³/mol. The molecule has 0 radical (unpaired) electrons. The van der Waals surface area contributed by atoms with Gasteiger partial charge in [-0.25, -0.2) is 0 Å². The molecule has 6 nitrogen and oxygen atoms in total. The van der Waals surface area contributed by atoms with Gasteiger partial charge in [-0.05, 0) is 24.3 Å². The second-order valence-corrected chi connectivity index (χ2v) is 5.63. The third-order valence-corrected chi connectivity index (χ3v) is 3.94. The van der Waals surface area contributed by atoms with Crippen molar-refractivity contribution in [3.63, 3.8) is 0 Å². The number of anilines is 2. The molecule has 1 heterocycles. The Morgan fingerprint density at radius 3 is 2.68 bits per heavy atom. The Morgan fingerprint density at radius 2 is 1.88 bits per heavy atom. The van der Waals surface area contributed by atoms with E-state index in [1.807, 2.05) is 36.4 Å². The number of rotatable bonds is 6. The molecule has 0 saturated carbocycles. The van der Waals surface area contributed by atoms with Crippen molar-refractivity contribution in [1.29, 1.82) is 0 Å². The molecule has 1 N–H and O–H groups in total. The minimum absolute atomic E-state index is 0.0649. The molecule has 0 atom stereocenters. The summed E-state index contributed by atoms with van der Waals surface area (Å²) < 4.78 is 16.1. The molecule has 0 aliphatic carbocycles. The van der Waals surface area contributed by atoms with Gasteiger partial charge in [0.25, 0.3) is 5.91 Å². The van der Waals surface area contributed by atoms with E-state index in [4.69, 9.17) is 14.2 Å². The van der Waals surface area contributed by atoms with E-state index >= 15 is 0 Å². The number of amides is 1. The zero-order valence-electron chi connectivity index (χ0n) is 14.2. The normalized spacial score (nSPS) is 14.0. The summed E-state index contributed by atoms with van der Waals surface area (Å²) in [4.78, 5) is 14.5. The van der Waals surface area contributed by atoms with E-state index in [1.165, 1.54) is 0 Å². The third kappa shape index (κ3) is 4.64. The largest absolute Gasteiger partial charge is 0.497 e.